The van der Waals surface area contributed by atoms with Gasteiger partial charge in [0.05, 0.1) is 6.54 Å². The fraction of sp³-hybridized carbons (Fsp3) is 0.846. The molecule has 0 aromatic rings. The maximum Gasteiger partial charge on any atom is 0.234 e. The molecule has 1 atom stereocenters. The van der Waals surface area contributed by atoms with Gasteiger partial charge in [-0.25, -0.2) is 0 Å². The highest BCUT2D eigenvalue weighted by Gasteiger charge is 2.21. The summed E-state index contributed by atoms with van der Waals surface area (Å²) in [5.74, 6) is 0.231. The van der Waals surface area contributed by atoms with Crippen LogP contribution in [0.5, 0.6) is 0 Å². The highest BCUT2D eigenvalue weighted by molar-refractivity contribution is 5.78. The minimum Gasteiger partial charge on any atom is -0.355 e. The van der Waals surface area contributed by atoms with Crippen LogP contribution in [0.2, 0.25) is 0 Å². The zero-order chi connectivity index (χ0) is 14.3. The van der Waals surface area contributed by atoms with Crippen LogP contribution in [0.15, 0.2) is 0 Å². The lowest BCUT2D eigenvalue weighted by Crippen LogP contribution is -2.51. The van der Waals surface area contributed by atoms with Gasteiger partial charge in [0.2, 0.25) is 11.8 Å². The van der Waals surface area contributed by atoms with Crippen LogP contribution in [-0.2, 0) is 9.59 Å². The second-order valence-electron chi connectivity index (χ2n) is 5.13. The summed E-state index contributed by atoms with van der Waals surface area (Å²) < 4.78 is 0. The second-order valence-corrected chi connectivity index (χ2v) is 5.13. The molecule has 0 radical (unpaired) electrons. The molecule has 1 rings (SSSR count). The van der Waals surface area contributed by atoms with Crippen LogP contribution in [0.3, 0.4) is 0 Å². The summed E-state index contributed by atoms with van der Waals surface area (Å²) in [4.78, 5) is 27.3. The van der Waals surface area contributed by atoms with Crippen molar-refractivity contribution in [3.8, 4) is 0 Å². The zero-order valence-electron chi connectivity index (χ0n) is 12.0. The van der Waals surface area contributed by atoms with Crippen molar-refractivity contribution in [2.45, 2.75) is 32.7 Å². The Morgan fingerprint density at radius 1 is 1.26 bits per heavy atom. The number of hydrogen-bond donors (Lipinski definition) is 2. The lowest BCUT2D eigenvalue weighted by Gasteiger charge is -2.34. The normalized spacial score (nSPS) is 18.2. The van der Waals surface area contributed by atoms with E-state index in [-0.39, 0.29) is 17.9 Å². The van der Waals surface area contributed by atoms with Gasteiger partial charge < -0.3 is 16.0 Å². The Kier molecular flexibility index (Phi) is 6.80. The molecule has 0 spiro atoms. The number of nitrogens with two attached hydrogens (primary N) is 1. The van der Waals surface area contributed by atoms with Crippen LogP contribution in [-0.4, -0.2) is 66.9 Å². The molecule has 2 amide bonds. The molecular formula is C13H26N4O2. The van der Waals surface area contributed by atoms with Gasteiger partial charge in [0, 0.05) is 45.2 Å². The van der Waals surface area contributed by atoms with Crippen molar-refractivity contribution in [2.24, 2.45) is 5.73 Å². The van der Waals surface area contributed by atoms with Crippen molar-refractivity contribution in [3.63, 3.8) is 0 Å². The van der Waals surface area contributed by atoms with E-state index in [1.165, 1.54) is 0 Å². The minimum absolute atomic E-state index is 0.0548. The molecule has 3 N–H and O–H groups in total. The quantitative estimate of drug-likeness (QED) is 0.675. The maximum atomic E-state index is 11.9. The van der Waals surface area contributed by atoms with Crippen molar-refractivity contribution in [1.29, 1.82) is 0 Å². The summed E-state index contributed by atoms with van der Waals surface area (Å²) in [5, 5.41) is 2.78. The Hall–Kier alpha value is -1.14. The molecule has 110 valence electrons. The van der Waals surface area contributed by atoms with E-state index in [1.807, 2.05) is 18.7 Å². The Morgan fingerprint density at radius 3 is 2.42 bits per heavy atom. The van der Waals surface area contributed by atoms with E-state index in [0.29, 0.717) is 32.6 Å². The average Bonchev–Trinajstić information content (AvgIpc) is 2.37. The van der Waals surface area contributed by atoms with Crippen molar-refractivity contribution in [3.05, 3.63) is 0 Å². The van der Waals surface area contributed by atoms with E-state index in [0.717, 1.165) is 19.5 Å². The highest BCUT2D eigenvalue weighted by atomic mass is 16.2. The smallest absolute Gasteiger partial charge is 0.234 e. The molecule has 1 aliphatic rings. The second kappa shape index (κ2) is 8.12. The first-order valence-corrected chi connectivity index (χ1v) is 7.05. The Balaban J connectivity index is 2.24. The molecule has 0 saturated carbocycles. The predicted octanol–water partition coefficient (Wildman–Crippen LogP) is -0.606. The molecule has 0 bridgehead atoms. The van der Waals surface area contributed by atoms with Crippen molar-refractivity contribution >= 4 is 11.8 Å². The Bertz CT molecular complexity index is 299. The average molecular weight is 270 g/mol. The molecule has 0 aromatic carbocycles. The monoisotopic (exact) mass is 270 g/mol. The summed E-state index contributed by atoms with van der Waals surface area (Å²) in [7, 11) is 0. The first-order chi connectivity index (χ1) is 9.02. The van der Waals surface area contributed by atoms with Crippen molar-refractivity contribution in [1.82, 2.24) is 15.1 Å². The number of carbonyl (C=O) groups is 2. The summed E-state index contributed by atoms with van der Waals surface area (Å²) >= 11 is 0. The van der Waals surface area contributed by atoms with E-state index >= 15 is 0 Å². The Labute approximate surface area is 115 Å². The molecule has 6 nitrogen and oxygen atoms in total. The van der Waals surface area contributed by atoms with Crippen LogP contribution < -0.4 is 11.1 Å². The van der Waals surface area contributed by atoms with Gasteiger partial charge in [-0.05, 0) is 20.3 Å². The molecule has 6 heteroatoms. The van der Waals surface area contributed by atoms with Crippen LogP contribution in [0.4, 0.5) is 0 Å². The Morgan fingerprint density at radius 2 is 1.89 bits per heavy atom. The van der Waals surface area contributed by atoms with Crippen LogP contribution in [0.1, 0.15) is 26.7 Å². The van der Waals surface area contributed by atoms with Crippen molar-refractivity contribution < 1.29 is 9.59 Å². The first-order valence-electron chi connectivity index (χ1n) is 7.05. The maximum absolute atomic E-state index is 11.9. The van der Waals surface area contributed by atoms with E-state index in [9.17, 15) is 9.59 Å². The molecular weight excluding hydrogens is 244 g/mol. The van der Waals surface area contributed by atoms with E-state index in [4.69, 9.17) is 5.73 Å². The molecule has 1 fully saturated rings. The third-order valence-corrected chi connectivity index (χ3v) is 3.28. The molecule has 1 aliphatic heterocycles. The topological polar surface area (TPSA) is 78.7 Å². The minimum atomic E-state index is 0.0548. The van der Waals surface area contributed by atoms with Crippen LogP contribution >= 0.6 is 0 Å². The fourth-order valence-corrected chi connectivity index (χ4v) is 2.12. The number of piperazine rings is 1. The SMILES string of the molecule is CCNC(=O)CN1CCN(C(=O)CCC(C)N)CC1. The van der Waals surface area contributed by atoms with Gasteiger partial charge >= 0.3 is 0 Å². The number of likely N-dealkylation sites (N-methyl/N-ethyl adjacent to an activating group) is 1. The van der Waals surface area contributed by atoms with Gasteiger partial charge in [-0.3, -0.25) is 14.5 Å². The van der Waals surface area contributed by atoms with Gasteiger partial charge in [-0.1, -0.05) is 0 Å². The van der Waals surface area contributed by atoms with Crippen LogP contribution in [0, 0.1) is 0 Å². The van der Waals surface area contributed by atoms with Gasteiger partial charge in [-0.15, -0.1) is 0 Å². The van der Waals surface area contributed by atoms with Gasteiger partial charge in [-0.2, -0.15) is 0 Å². The largest absolute Gasteiger partial charge is 0.355 e. The third kappa shape index (κ3) is 6.02. The lowest BCUT2D eigenvalue weighted by atomic mass is 10.1. The summed E-state index contributed by atoms with van der Waals surface area (Å²) in [6.07, 6.45) is 1.26. The van der Waals surface area contributed by atoms with Gasteiger partial charge in [0.15, 0.2) is 0 Å². The fourth-order valence-electron chi connectivity index (χ4n) is 2.12. The zero-order valence-corrected chi connectivity index (χ0v) is 12.0. The number of hydrogen-bond acceptors (Lipinski definition) is 4. The predicted molar refractivity (Wildman–Crippen MR) is 74.6 cm³/mol. The molecule has 1 saturated heterocycles. The number of carbonyl (C=O) groups excluding carboxylic acids is 2. The van der Waals surface area contributed by atoms with Crippen LogP contribution in [0.25, 0.3) is 0 Å². The van der Waals surface area contributed by atoms with Gasteiger partial charge in [0.25, 0.3) is 0 Å². The number of amides is 2. The summed E-state index contributed by atoms with van der Waals surface area (Å²) in [6, 6.07) is 0.0722. The van der Waals surface area contributed by atoms with E-state index < -0.39 is 0 Å². The molecule has 19 heavy (non-hydrogen) atoms. The summed E-state index contributed by atoms with van der Waals surface area (Å²) in [5.41, 5.74) is 5.65. The summed E-state index contributed by atoms with van der Waals surface area (Å²) in [6.45, 7) is 7.85. The lowest BCUT2D eigenvalue weighted by molar-refractivity contribution is -0.133. The molecule has 0 aromatic heterocycles. The van der Waals surface area contributed by atoms with E-state index in [2.05, 4.69) is 10.2 Å². The molecule has 1 heterocycles. The van der Waals surface area contributed by atoms with Crippen molar-refractivity contribution in [2.75, 3.05) is 39.3 Å². The first kappa shape index (κ1) is 15.9. The molecule has 1 unspecified atom stereocenters. The standard InChI is InChI=1S/C13H26N4O2/c1-3-15-12(18)10-16-6-8-17(9-7-16)13(19)5-4-11(2)14/h11H,3-10,14H2,1-2H3,(H,15,18). The number of nitrogens with one attached hydrogen (secondary N) is 1. The number of nitrogens with zero attached hydrogens (tertiary/aromatic N) is 2. The highest BCUT2D eigenvalue weighted by Crippen LogP contribution is 2.05. The number of rotatable bonds is 6. The van der Waals surface area contributed by atoms with E-state index in [1.54, 1.807) is 0 Å². The molecule has 0 aliphatic carbocycles. The third-order valence-electron chi connectivity index (χ3n) is 3.28. The van der Waals surface area contributed by atoms with Gasteiger partial charge in [0.1, 0.15) is 0 Å².